The smallest absolute Gasteiger partial charge is 0.0973 e. The predicted molar refractivity (Wildman–Crippen MR) is 65.0 cm³/mol. The van der Waals surface area contributed by atoms with E-state index in [4.69, 9.17) is 9.47 Å². The van der Waals surface area contributed by atoms with Crippen LogP contribution in [0, 0.1) is 5.41 Å². The van der Waals surface area contributed by atoms with Crippen LogP contribution in [0.4, 0.5) is 0 Å². The van der Waals surface area contributed by atoms with Crippen molar-refractivity contribution in [1.29, 1.82) is 0 Å². The number of hydrogen-bond acceptors (Lipinski definition) is 2. The second-order valence-electron chi connectivity index (χ2n) is 4.37. The molecule has 1 fully saturated rings. The van der Waals surface area contributed by atoms with E-state index in [0.717, 1.165) is 31.8 Å². The van der Waals surface area contributed by atoms with Gasteiger partial charge in [-0.05, 0) is 18.1 Å². The molecule has 2 nitrogen and oxygen atoms in total. The fraction of sp³-hybridized carbons (Fsp3) is 0.429. The van der Waals surface area contributed by atoms with Crippen LogP contribution >= 0.6 is 0 Å². The fourth-order valence-electron chi connectivity index (χ4n) is 1.70. The van der Waals surface area contributed by atoms with E-state index in [9.17, 15) is 0 Å². The first-order valence-electron chi connectivity index (χ1n) is 5.76. The third kappa shape index (κ3) is 2.64. The molecule has 2 rings (SSSR count). The highest BCUT2D eigenvalue weighted by Gasteiger charge is 2.37. The van der Waals surface area contributed by atoms with Crippen molar-refractivity contribution in [2.45, 2.75) is 13.3 Å². The van der Waals surface area contributed by atoms with Gasteiger partial charge in [0, 0.05) is 0 Å². The van der Waals surface area contributed by atoms with Crippen molar-refractivity contribution < 1.29 is 9.47 Å². The van der Waals surface area contributed by atoms with Gasteiger partial charge in [0.15, 0.2) is 0 Å². The molecule has 0 radical (unpaired) electrons. The van der Waals surface area contributed by atoms with Crippen LogP contribution in [0.25, 0.3) is 6.08 Å². The highest BCUT2D eigenvalue weighted by Crippen LogP contribution is 2.31. The molecule has 1 aliphatic rings. The zero-order valence-corrected chi connectivity index (χ0v) is 9.69. The molecule has 0 amide bonds. The van der Waals surface area contributed by atoms with Gasteiger partial charge in [0.2, 0.25) is 0 Å². The summed E-state index contributed by atoms with van der Waals surface area (Å²) < 4.78 is 10.8. The summed E-state index contributed by atoms with van der Waals surface area (Å²) in [6.45, 7) is 4.62. The summed E-state index contributed by atoms with van der Waals surface area (Å²) in [5, 5.41) is 0. The number of ether oxygens (including phenoxy) is 2. The van der Waals surface area contributed by atoms with Crippen molar-refractivity contribution in [1.82, 2.24) is 0 Å². The Labute approximate surface area is 96.9 Å². The Bertz CT molecular complexity index is 334. The first-order valence-corrected chi connectivity index (χ1v) is 5.76. The molecule has 0 N–H and O–H groups in total. The maximum Gasteiger partial charge on any atom is 0.0973 e. The van der Waals surface area contributed by atoms with Crippen LogP contribution in [0.3, 0.4) is 0 Å². The lowest BCUT2D eigenvalue weighted by atomic mass is 9.84. The maximum atomic E-state index is 5.58. The first-order chi connectivity index (χ1) is 7.85. The van der Waals surface area contributed by atoms with Gasteiger partial charge in [-0.2, -0.15) is 0 Å². The Morgan fingerprint density at radius 2 is 2.06 bits per heavy atom. The van der Waals surface area contributed by atoms with Crippen LogP contribution in [0.2, 0.25) is 0 Å². The van der Waals surface area contributed by atoms with Crippen LogP contribution < -0.4 is 0 Å². The standard InChI is InChI=1S/C14H18O2/c1-2-14(11-16-12-14)10-15-9-8-13-6-4-3-5-7-13/h3-9H,2,10-12H2,1H3. The van der Waals surface area contributed by atoms with Crippen LogP contribution in [0.5, 0.6) is 0 Å². The molecule has 1 aromatic rings. The van der Waals surface area contributed by atoms with Gasteiger partial charge in [-0.25, -0.2) is 0 Å². The minimum Gasteiger partial charge on any atom is -0.500 e. The van der Waals surface area contributed by atoms with Crippen molar-refractivity contribution in [3.63, 3.8) is 0 Å². The second-order valence-corrected chi connectivity index (χ2v) is 4.37. The normalized spacial score (nSPS) is 18.3. The molecule has 0 unspecified atom stereocenters. The molecular formula is C14H18O2. The maximum absolute atomic E-state index is 5.58. The second kappa shape index (κ2) is 5.17. The average molecular weight is 218 g/mol. The molecule has 16 heavy (non-hydrogen) atoms. The van der Waals surface area contributed by atoms with Crippen LogP contribution in [-0.2, 0) is 9.47 Å². The number of rotatable bonds is 5. The highest BCUT2D eigenvalue weighted by atomic mass is 16.5. The number of hydrogen-bond donors (Lipinski definition) is 0. The van der Waals surface area contributed by atoms with Crippen LogP contribution in [0.1, 0.15) is 18.9 Å². The minimum atomic E-state index is 0.265. The Morgan fingerprint density at radius 1 is 1.31 bits per heavy atom. The molecule has 1 heterocycles. The van der Waals surface area contributed by atoms with Gasteiger partial charge in [0.1, 0.15) is 0 Å². The Morgan fingerprint density at radius 3 is 2.62 bits per heavy atom. The summed E-state index contributed by atoms with van der Waals surface area (Å²) in [5.74, 6) is 0. The van der Waals surface area contributed by atoms with E-state index >= 15 is 0 Å². The van der Waals surface area contributed by atoms with Gasteiger partial charge >= 0.3 is 0 Å². The molecule has 2 heteroatoms. The summed E-state index contributed by atoms with van der Waals surface area (Å²) in [6.07, 6.45) is 4.89. The monoisotopic (exact) mass is 218 g/mol. The molecular weight excluding hydrogens is 200 g/mol. The minimum absolute atomic E-state index is 0.265. The number of benzene rings is 1. The topological polar surface area (TPSA) is 18.5 Å². The van der Waals surface area contributed by atoms with Gasteiger partial charge in [-0.3, -0.25) is 0 Å². The largest absolute Gasteiger partial charge is 0.500 e. The third-order valence-corrected chi connectivity index (χ3v) is 3.11. The summed E-state index contributed by atoms with van der Waals surface area (Å²) >= 11 is 0. The molecule has 86 valence electrons. The van der Waals surface area contributed by atoms with E-state index in [2.05, 4.69) is 19.1 Å². The van der Waals surface area contributed by atoms with Crippen molar-refractivity contribution in [3.8, 4) is 0 Å². The van der Waals surface area contributed by atoms with Crippen molar-refractivity contribution in [2.75, 3.05) is 19.8 Å². The summed E-state index contributed by atoms with van der Waals surface area (Å²) in [6, 6.07) is 10.2. The molecule has 1 aliphatic heterocycles. The van der Waals surface area contributed by atoms with Gasteiger partial charge < -0.3 is 9.47 Å². The lowest BCUT2D eigenvalue weighted by Crippen LogP contribution is -2.45. The first kappa shape index (κ1) is 11.2. The summed E-state index contributed by atoms with van der Waals surface area (Å²) in [4.78, 5) is 0. The lowest BCUT2D eigenvalue weighted by Gasteiger charge is -2.39. The molecule has 0 aliphatic carbocycles. The molecule has 0 saturated carbocycles. The van der Waals surface area contributed by atoms with Crippen LogP contribution in [0.15, 0.2) is 36.6 Å². The molecule has 0 atom stereocenters. The van der Waals surface area contributed by atoms with Gasteiger partial charge in [-0.1, -0.05) is 37.3 Å². The van der Waals surface area contributed by atoms with Gasteiger partial charge in [0.25, 0.3) is 0 Å². The van der Waals surface area contributed by atoms with Gasteiger partial charge in [0.05, 0.1) is 31.5 Å². The van der Waals surface area contributed by atoms with E-state index in [-0.39, 0.29) is 5.41 Å². The van der Waals surface area contributed by atoms with E-state index in [1.807, 2.05) is 24.3 Å². The average Bonchev–Trinajstić information content (AvgIpc) is 2.29. The van der Waals surface area contributed by atoms with Crippen molar-refractivity contribution in [3.05, 3.63) is 42.2 Å². The molecule has 0 aromatic heterocycles. The van der Waals surface area contributed by atoms with E-state index in [0.29, 0.717) is 0 Å². The van der Waals surface area contributed by atoms with E-state index in [1.54, 1.807) is 6.26 Å². The molecule has 1 aromatic carbocycles. The zero-order chi connectivity index (χ0) is 11.3. The zero-order valence-electron chi connectivity index (χ0n) is 9.69. The predicted octanol–water partition coefficient (Wildman–Crippen LogP) is 3.10. The highest BCUT2D eigenvalue weighted by molar-refractivity contribution is 5.47. The molecule has 0 spiro atoms. The fourth-order valence-corrected chi connectivity index (χ4v) is 1.70. The summed E-state index contributed by atoms with van der Waals surface area (Å²) in [7, 11) is 0. The third-order valence-electron chi connectivity index (χ3n) is 3.11. The van der Waals surface area contributed by atoms with Gasteiger partial charge in [-0.15, -0.1) is 0 Å². The Kier molecular flexibility index (Phi) is 3.62. The SMILES string of the molecule is CCC1(COC=Cc2ccccc2)COC1. The van der Waals surface area contributed by atoms with E-state index < -0.39 is 0 Å². The van der Waals surface area contributed by atoms with Crippen molar-refractivity contribution >= 4 is 6.08 Å². The lowest BCUT2D eigenvalue weighted by molar-refractivity contribution is -0.139. The quantitative estimate of drug-likeness (QED) is 0.707. The Balaban J connectivity index is 1.77. The van der Waals surface area contributed by atoms with E-state index in [1.165, 1.54) is 0 Å². The summed E-state index contributed by atoms with van der Waals surface area (Å²) in [5.41, 5.74) is 1.43. The molecule has 0 bridgehead atoms. The molecule has 1 saturated heterocycles. The Hall–Kier alpha value is -1.28. The van der Waals surface area contributed by atoms with Crippen LogP contribution in [-0.4, -0.2) is 19.8 Å². The van der Waals surface area contributed by atoms with Crippen molar-refractivity contribution in [2.24, 2.45) is 5.41 Å².